The number of hydrogen-bond donors (Lipinski definition) is 1. The van der Waals surface area contributed by atoms with E-state index in [1.54, 1.807) is 6.07 Å². The van der Waals surface area contributed by atoms with E-state index in [-0.39, 0.29) is 5.82 Å². The highest BCUT2D eigenvalue weighted by atomic mass is 79.9. The third-order valence-corrected chi connectivity index (χ3v) is 3.82. The summed E-state index contributed by atoms with van der Waals surface area (Å²) in [5, 5.41) is 3.27. The normalized spacial score (nSPS) is 10.6. The second-order valence-electron chi connectivity index (χ2n) is 4.21. The van der Waals surface area contributed by atoms with E-state index in [9.17, 15) is 4.39 Å². The van der Waals surface area contributed by atoms with Gasteiger partial charge in [-0.25, -0.2) is 4.39 Å². The molecule has 1 N–H and O–H groups in total. The lowest BCUT2D eigenvalue weighted by molar-refractivity contribution is 0.468. The third kappa shape index (κ3) is 4.04. The van der Waals surface area contributed by atoms with Crippen LogP contribution < -0.4 is 10.1 Å². The highest BCUT2D eigenvalue weighted by molar-refractivity contribution is 9.10. The Balaban J connectivity index is 2.29. The van der Waals surface area contributed by atoms with Gasteiger partial charge < -0.3 is 10.1 Å². The largest absolute Gasteiger partial charge is 0.456 e. The molecule has 106 valence electrons. The van der Waals surface area contributed by atoms with Crippen molar-refractivity contribution in [3.8, 4) is 11.5 Å². The van der Waals surface area contributed by atoms with Gasteiger partial charge in [0.25, 0.3) is 0 Å². The number of benzene rings is 2. The summed E-state index contributed by atoms with van der Waals surface area (Å²) in [5.41, 5.74) is 1.05. The maximum absolute atomic E-state index is 13.1. The lowest BCUT2D eigenvalue weighted by Gasteiger charge is -2.13. The minimum atomic E-state index is -0.300. The van der Waals surface area contributed by atoms with E-state index >= 15 is 0 Å². The topological polar surface area (TPSA) is 21.3 Å². The van der Waals surface area contributed by atoms with Crippen LogP contribution in [0.2, 0.25) is 0 Å². The molecule has 2 aromatic rings. The molecule has 0 fully saturated rings. The van der Waals surface area contributed by atoms with Gasteiger partial charge >= 0.3 is 0 Å². The monoisotopic (exact) mass is 401 g/mol. The van der Waals surface area contributed by atoms with Crippen molar-refractivity contribution >= 4 is 31.9 Å². The minimum Gasteiger partial charge on any atom is -0.456 e. The second-order valence-corrected chi connectivity index (χ2v) is 5.98. The first-order chi connectivity index (χ1) is 9.60. The average Bonchev–Trinajstić information content (AvgIpc) is 2.41. The molecule has 2 rings (SSSR count). The summed E-state index contributed by atoms with van der Waals surface area (Å²) < 4.78 is 20.5. The number of halogens is 3. The van der Waals surface area contributed by atoms with Crippen molar-refractivity contribution in [3.05, 3.63) is 56.7 Å². The molecule has 0 aliphatic carbocycles. The molecule has 20 heavy (non-hydrogen) atoms. The van der Waals surface area contributed by atoms with Crippen molar-refractivity contribution in [1.29, 1.82) is 0 Å². The predicted octanol–water partition coefficient (Wildman–Crippen LogP) is 5.25. The molecule has 0 aliphatic heterocycles. The first kappa shape index (κ1) is 15.5. The van der Waals surface area contributed by atoms with Gasteiger partial charge in [-0.05, 0) is 52.8 Å². The Morgan fingerprint density at radius 2 is 1.90 bits per heavy atom. The fourth-order valence-corrected chi connectivity index (χ4v) is 2.48. The van der Waals surface area contributed by atoms with Crippen LogP contribution in [0.5, 0.6) is 11.5 Å². The van der Waals surface area contributed by atoms with Gasteiger partial charge in [0, 0.05) is 16.6 Å². The van der Waals surface area contributed by atoms with Crippen molar-refractivity contribution in [2.75, 3.05) is 6.54 Å². The summed E-state index contributed by atoms with van der Waals surface area (Å²) in [5.74, 6) is 1.03. The van der Waals surface area contributed by atoms with Crippen LogP contribution in [0.25, 0.3) is 0 Å². The summed E-state index contributed by atoms with van der Waals surface area (Å²) in [7, 11) is 0. The lowest BCUT2D eigenvalue weighted by atomic mass is 10.2. The third-order valence-electron chi connectivity index (χ3n) is 2.71. The van der Waals surface area contributed by atoms with Gasteiger partial charge in [-0.3, -0.25) is 0 Å². The molecule has 0 bridgehead atoms. The summed E-state index contributed by atoms with van der Waals surface area (Å²) >= 11 is 6.74. The van der Waals surface area contributed by atoms with Crippen molar-refractivity contribution < 1.29 is 9.13 Å². The first-order valence-electron chi connectivity index (χ1n) is 6.22. The zero-order chi connectivity index (χ0) is 14.5. The average molecular weight is 403 g/mol. The Hall–Kier alpha value is -0.910. The molecule has 0 saturated carbocycles. The quantitative estimate of drug-likeness (QED) is 0.737. The standard InChI is InChI=1S/C15H14Br2FNO/c1-2-19-9-10-3-4-11(16)7-15(10)20-14-6-5-12(18)8-13(14)17/h3-8,19H,2,9H2,1H3. The van der Waals surface area contributed by atoms with Crippen LogP contribution in [0.15, 0.2) is 45.3 Å². The summed E-state index contributed by atoms with van der Waals surface area (Å²) in [6.07, 6.45) is 0. The van der Waals surface area contributed by atoms with Gasteiger partial charge in [0.1, 0.15) is 17.3 Å². The molecule has 0 heterocycles. The van der Waals surface area contributed by atoms with Gasteiger partial charge in [-0.1, -0.05) is 28.9 Å². The molecule has 0 unspecified atom stereocenters. The Morgan fingerprint density at radius 1 is 1.10 bits per heavy atom. The van der Waals surface area contributed by atoms with E-state index < -0.39 is 0 Å². The van der Waals surface area contributed by atoms with Gasteiger partial charge in [0.2, 0.25) is 0 Å². The molecule has 0 radical (unpaired) electrons. The predicted molar refractivity (Wildman–Crippen MR) is 85.7 cm³/mol. The molecule has 0 saturated heterocycles. The molecular formula is C15H14Br2FNO. The lowest BCUT2D eigenvalue weighted by Crippen LogP contribution is -2.12. The van der Waals surface area contributed by atoms with Crippen LogP contribution in [0.3, 0.4) is 0 Å². The molecule has 2 nitrogen and oxygen atoms in total. The maximum atomic E-state index is 13.1. The van der Waals surface area contributed by atoms with Gasteiger partial charge in [0.15, 0.2) is 0 Å². The molecule has 0 atom stereocenters. The highest BCUT2D eigenvalue weighted by Gasteiger charge is 2.09. The molecule has 0 aromatic heterocycles. The van der Waals surface area contributed by atoms with Crippen molar-refractivity contribution in [3.63, 3.8) is 0 Å². The van der Waals surface area contributed by atoms with Gasteiger partial charge in [0.05, 0.1) is 4.47 Å². The van der Waals surface area contributed by atoms with Crippen LogP contribution in [0, 0.1) is 5.82 Å². The maximum Gasteiger partial charge on any atom is 0.141 e. The fourth-order valence-electron chi connectivity index (χ4n) is 1.71. The van der Waals surface area contributed by atoms with Crippen molar-refractivity contribution in [2.45, 2.75) is 13.5 Å². The van der Waals surface area contributed by atoms with E-state index in [2.05, 4.69) is 44.1 Å². The van der Waals surface area contributed by atoms with Gasteiger partial charge in [-0.15, -0.1) is 0 Å². The van der Waals surface area contributed by atoms with E-state index in [1.165, 1.54) is 12.1 Å². The Morgan fingerprint density at radius 3 is 2.60 bits per heavy atom. The van der Waals surface area contributed by atoms with Crippen LogP contribution in [0.1, 0.15) is 12.5 Å². The molecular weight excluding hydrogens is 389 g/mol. The smallest absolute Gasteiger partial charge is 0.141 e. The van der Waals surface area contributed by atoms with Crippen LogP contribution in [-0.4, -0.2) is 6.54 Å². The number of ether oxygens (including phenoxy) is 1. The zero-order valence-electron chi connectivity index (χ0n) is 10.9. The molecule has 5 heteroatoms. The first-order valence-corrected chi connectivity index (χ1v) is 7.81. The van der Waals surface area contributed by atoms with E-state index in [0.29, 0.717) is 10.2 Å². The SMILES string of the molecule is CCNCc1ccc(Br)cc1Oc1ccc(F)cc1Br. The van der Waals surface area contributed by atoms with Crippen molar-refractivity contribution in [2.24, 2.45) is 0 Å². The summed E-state index contributed by atoms with van der Waals surface area (Å²) in [6, 6.07) is 10.2. The second kappa shape index (κ2) is 7.20. The Labute approximate surface area is 134 Å². The van der Waals surface area contributed by atoms with E-state index in [0.717, 1.165) is 28.9 Å². The van der Waals surface area contributed by atoms with Crippen LogP contribution in [0.4, 0.5) is 4.39 Å². The molecule has 0 spiro atoms. The number of nitrogens with one attached hydrogen (secondary N) is 1. The highest BCUT2D eigenvalue weighted by Crippen LogP contribution is 2.33. The van der Waals surface area contributed by atoms with Crippen LogP contribution >= 0.6 is 31.9 Å². The minimum absolute atomic E-state index is 0.300. The van der Waals surface area contributed by atoms with E-state index in [4.69, 9.17) is 4.74 Å². The summed E-state index contributed by atoms with van der Waals surface area (Å²) in [4.78, 5) is 0. The van der Waals surface area contributed by atoms with Crippen molar-refractivity contribution in [1.82, 2.24) is 5.32 Å². The molecule has 0 amide bonds. The van der Waals surface area contributed by atoms with Crippen LogP contribution in [-0.2, 0) is 6.54 Å². The Bertz CT molecular complexity index is 604. The number of hydrogen-bond acceptors (Lipinski definition) is 2. The fraction of sp³-hybridized carbons (Fsp3) is 0.200. The number of rotatable bonds is 5. The Kier molecular flexibility index (Phi) is 5.57. The zero-order valence-corrected chi connectivity index (χ0v) is 14.1. The molecule has 0 aliphatic rings. The van der Waals surface area contributed by atoms with E-state index in [1.807, 2.05) is 18.2 Å². The van der Waals surface area contributed by atoms with Gasteiger partial charge in [-0.2, -0.15) is 0 Å². The molecule has 2 aromatic carbocycles. The summed E-state index contributed by atoms with van der Waals surface area (Å²) in [6.45, 7) is 3.66.